The van der Waals surface area contributed by atoms with Crippen LogP contribution in [0, 0.1) is 5.92 Å². The molecule has 38 heavy (non-hydrogen) atoms. The van der Waals surface area contributed by atoms with Crippen molar-refractivity contribution in [3.8, 4) is 0 Å². The Kier molecular flexibility index (Phi) is 13.2. The predicted molar refractivity (Wildman–Crippen MR) is 141 cm³/mol. The number of nitrogens with one attached hydrogen (secondary N) is 2. The smallest absolute Gasteiger partial charge is 0.350 e. The molecule has 2 fully saturated rings. The number of carboxylic acid groups (broad SMARTS) is 1. The Hall–Kier alpha value is -2.01. The molecule has 0 aromatic heterocycles. The Morgan fingerprint density at radius 1 is 1.05 bits per heavy atom. The second-order valence-electron chi connectivity index (χ2n) is 10.3. The van der Waals surface area contributed by atoms with Gasteiger partial charge in [-0.05, 0) is 64.8 Å². The Morgan fingerprint density at radius 2 is 1.74 bits per heavy atom. The monoisotopic (exact) mass is 560 g/mol. The van der Waals surface area contributed by atoms with Crippen molar-refractivity contribution < 1.29 is 38.3 Å². The number of nitrogens with zero attached hydrogens (tertiary/aromatic N) is 1. The molecular formula is C25H45N4O8P. The minimum Gasteiger partial charge on any atom is -0.480 e. The summed E-state index contributed by atoms with van der Waals surface area (Å²) >= 11 is 0. The van der Waals surface area contributed by atoms with Gasteiger partial charge in [0.15, 0.2) is 0 Å². The molecular weight excluding hydrogens is 515 g/mol. The third-order valence-electron chi connectivity index (χ3n) is 7.32. The van der Waals surface area contributed by atoms with Gasteiger partial charge in [-0.3, -0.25) is 23.5 Å². The van der Waals surface area contributed by atoms with Gasteiger partial charge in [-0.15, -0.1) is 0 Å². The van der Waals surface area contributed by atoms with Crippen LogP contribution in [0.1, 0.15) is 90.9 Å². The van der Waals surface area contributed by atoms with Crippen LogP contribution in [-0.2, 0) is 28.3 Å². The standard InChI is InChI=1S/C25H45N4O8P/c1-3-4-14-21(38(35,36)37-17(2)24(32)29-16-9-13-20(29)25(33)34)28-23(31)19(12-7-8-15-26)27-22(30)18-10-5-6-11-18/h17-21H,3-16,26H2,1-2H3,(H,27,30)(H,28,31)(H,33,34)(H,35,36)/t17?,19-,20-,21-/m0/s1. The lowest BCUT2D eigenvalue weighted by atomic mass is 10.0. The van der Waals surface area contributed by atoms with Gasteiger partial charge in [0.2, 0.25) is 11.8 Å². The van der Waals surface area contributed by atoms with Gasteiger partial charge in [0, 0.05) is 12.5 Å². The van der Waals surface area contributed by atoms with Crippen molar-refractivity contribution in [3.05, 3.63) is 0 Å². The van der Waals surface area contributed by atoms with Crippen LogP contribution in [-0.4, -0.2) is 75.7 Å². The molecule has 0 spiro atoms. The Labute approximate surface area is 224 Å². The van der Waals surface area contributed by atoms with E-state index in [0.29, 0.717) is 51.5 Å². The van der Waals surface area contributed by atoms with Crippen LogP contribution in [0.5, 0.6) is 0 Å². The molecule has 0 aromatic carbocycles. The van der Waals surface area contributed by atoms with E-state index in [1.807, 2.05) is 6.92 Å². The topological polar surface area (TPSA) is 188 Å². The SMILES string of the molecule is CCCC[C@@H](NC(=O)[C@H](CCCCN)NC(=O)C1CCCC1)P(=O)(O)OC(C)C(=O)N1CCC[C@H]1C(=O)O. The number of hydrogen-bond donors (Lipinski definition) is 5. The highest BCUT2D eigenvalue weighted by Gasteiger charge is 2.41. The third-order valence-corrected chi connectivity index (χ3v) is 9.11. The number of amides is 3. The van der Waals surface area contributed by atoms with Gasteiger partial charge in [0.1, 0.15) is 24.0 Å². The second kappa shape index (κ2) is 15.5. The minimum atomic E-state index is -4.57. The van der Waals surface area contributed by atoms with Gasteiger partial charge < -0.3 is 31.3 Å². The number of likely N-dealkylation sites (tertiary alicyclic amines) is 1. The van der Waals surface area contributed by atoms with Crippen molar-refractivity contribution in [1.82, 2.24) is 15.5 Å². The molecule has 1 aliphatic carbocycles. The molecule has 1 heterocycles. The first kappa shape index (κ1) is 32.2. The number of carbonyl (C=O) groups excluding carboxylic acids is 3. The summed E-state index contributed by atoms with van der Waals surface area (Å²) in [4.78, 5) is 62.4. The van der Waals surface area contributed by atoms with Crippen LogP contribution in [0.2, 0.25) is 0 Å². The molecule has 0 aromatic rings. The largest absolute Gasteiger partial charge is 0.480 e. The highest BCUT2D eigenvalue weighted by molar-refractivity contribution is 7.53. The Balaban J connectivity index is 2.12. The molecule has 3 amide bonds. The van der Waals surface area contributed by atoms with E-state index in [1.165, 1.54) is 6.92 Å². The maximum Gasteiger partial charge on any atom is 0.350 e. The first-order valence-electron chi connectivity index (χ1n) is 13.9. The molecule has 0 radical (unpaired) electrons. The predicted octanol–water partition coefficient (Wildman–Crippen LogP) is 2.09. The molecule has 0 bridgehead atoms. The molecule has 1 aliphatic heterocycles. The van der Waals surface area contributed by atoms with E-state index in [-0.39, 0.29) is 24.8 Å². The number of nitrogens with two attached hydrogens (primary N) is 1. The fourth-order valence-corrected chi connectivity index (χ4v) is 6.57. The maximum absolute atomic E-state index is 13.3. The van der Waals surface area contributed by atoms with Gasteiger partial charge >= 0.3 is 13.6 Å². The molecule has 1 saturated heterocycles. The zero-order valence-corrected chi connectivity index (χ0v) is 23.5. The lowest BCUT2D eigenvalue weighted by Gasteiger charge is -2.30. The molecule has 218 valence electrons. The summed E-state index contributed by atoms with van der Waals surface area (Å²) in [5.74, 6) is -4.04. The average Bonchev–Trinajstić information content (AvgIpc) is 3.57. The van der Waals surface area contributed by atoms with E-state index >= 15 is 0 Å². The summed E-state index contributed by atoms with van der Waals surface area (Å²) in [5.41, 5.74) is 5.59. The van der Waals surface area contributed by atoms with E-state index in [4.69, 9.17) is 10.3 Å². The van der Waals surface area contributed by atoms with Crippen molar-refractivity contribution in [2.45, 2.75) is 115 Å². The first-order chi connectivity index (χ1) is 18.0. The van der Waals surface area contributed by atoms with Crippen LogP contribution < -0.4 is 16.4 Å². The normalized spacial score (nSPS) is 21.9. The fraction of sp³-hybridized carbons (Fsp3) is 0.840. The summed E-state index contributed by atoms with van der Waals surface area (Å²) in [6.45, 7) is 3.86. The summed E-state index contributed by atoms with van der Waals surface area (Å²) in [6.07, 6.45) is 5.84. The summed E-state index contributed by atoms with van der Waals surface area (Å²) in [5, 5.41) is 14.8. The number of carbonyl (C=O) groups is 4. The number of hydrogen-bond acceptors (Lipinski definition) is 7. The number of unbranched alkanes of at least 4 members (excludes halogenated alkanes) is 2. The Bertz CT molecular complexity index is 866. The number of rotatable bonds is 16. The summed E-state index contributed by atoms with van der Waals surface area (Å²) in [7, 11) is -4.57. The molecule has 2 unspecified atom stereocenters. The molecule has 6 N–H and O–H groups in total. The molecule has 13 heteroatoms. The zero-order chi connectivity index (χ0) is 28.3. The number of carboxylic acids is 1. The van der Waals surface area contributed by atoms with Crippen LogP contribution in [0.25, 0.3) is 0 Å². The summed E-state index contributed by atoms with van der Waals surface area (Å²) in [6, 6.07) is -1.89. The quantitative estimate of drug-likeness (QED) is 0.139. The van der Waals surface area contributed by atoms with Crippen LogP contribution in [0.3, 0.4) is 0 Å². The molecule has 5 atom stereocenters. The van der Waals surface area contributed by atoms with Gasteiger partial charge in [-0.25, -0.2) is 4.79 Å². The maximum atomic E-state index is 13.3. The van der Waals surface area contributed by atoms with Crippen LogP contribution >= 0.6 is 7.60 Å². The van der Waals surface area contributed by atoms with Crippen molar-refractivity contribution in [2.75, 3.05) is 13.1 Å². The van der Waals surface area contributed by atoms with E-state index in [2.05, 4.69) is 10.6 Å². The highest BCUT2D eigenvalue weighted by Crippen LogP contribution is 2.49. The lowest BCUT2D eigenvalue weighted by Crippen LogP contribution is -2.51. The van der Waals surface area contributed by atoms with Crippen molar-refractivity contribution in [3.63, 3.8) is 0 Å². The zero-order valence-electron chi connectivity index (χ0n) is 22.6. The van der Waals surface area contributed by atoms with Gasteiger partial charge in [0.25, 0.3) is 5.91 Å². The van der Waals surface area contributed by atoms with E-state index < -0.39 is 49.4 Å². The second-order valence-corrected chi connectivity index (χ2v) is 12.3. The molecule has 12 nitrogen and oxygen atoms in total. The third kappa shape index (κ3) is 9.32. The number of aliphatic carboxylic acids is 1. The molecule has 2 rings (SSSR count). The van der Waals surface area contributed by atoms with Crippen molar-refractivity contribution >= 4 is 31.3 Å². The van der Waals surface area contributed by atoms with E-state index in [1.54, 1.807) is 0 Å². The lowest BCUT2D eigenvalue weighted by molar-refractivity contribution is -0.151. The van der Waals surface area contributed by atoms with E-state index in [0.717, 1.165) is 30.6 Å². The van der Waals surface area contributed by atoms with Crippen molar-refractivity contribution in [1.29, 1.82) is 0 Å². The Morgan fingerprint density at radius 3 is 2.34 bits per heavy atom. The van der Waals surface area contributed by atoms with Gasteiger partial charge in [-0.2, -0.15) is 0 Å². The highest BCUT2D eigenvalue weighted by atomic mass is 31.2. The van der Waals surface area contributed by atoms with Crippen molar-refractivity contribution in [2.24, 2.45) is 11.7 Å². The molecule has 2 aliphatic rings. The van der Waals surface area contributed by atoms with Crippen LogP contribution in [0.4, 0.5) is 0 Å². The first-order valence-corrected chi connectivity index (χ1v) is 15.5. The fourth-order valence-electron chi connectivity index (χ4n) is 5.08. The average molecular weight is 561 g/mol. The molecule has 1 saturated carbocycles. The summed E-state index contributed by atoms with van der Waals surface area (Å²) < 4.78 is 18.7. The van der Waals surface area contributed by atoms with Gasteiger partial charge in [-0.1, -0.05) is 32.6 Å². The van der Waals surface area contributed by atoms with Gasteiger partial charge in [0.05, 0.1) is 0 Å². The minimum absolute atomic E-state index is 0.129. The van der Waals surface area contributed by atoms with E-state index in [9.17, 15) is 33.7 Å². The van der Waals surface area contributed by atoms with Crippen LogP contribution in [0.15, 0.2) is 0 Å².